The zero-order valence-electron chi connectivity index (χ0n) is 10.2. The average molecular weight is 302 g/mol. The van der Waals surface area contributed by atoms with Crippen LogP contribution in [0, 0.1) is 5.92 Å². The maximum Gasteiger partial charge on any atom is 0.0216 e. The summed E-state index contributed by atoms with van der Waals surface area (Å²) >= 11 is 5.48. The Hall–Kier alpha value is 0.01000. The smallest absolute Gasteiger partial charge is 0.0216 e. The van der Waals surface area contributed by atoms with E-state index in [4.69, 9.17) is 0 Å². The molecule has 90 valence electrons. The second-order valence-electron chi connectivity index (χ2n) is 4.24. The van der Waals surface area contributed by atoms with E-state index in [2.05, 4.69) is 60.2 Å². The molecule has 0 amide bonds. The minimum atomic E-state index is 0.737. The van der Waals surface area contributed by atoms with Crippen LogP contribution in [-0.4, -0.2) is 12.3 Å². The summed E-state index contributed by atoms with van der Waals surface area (Å²) in [5, 5.41) is 3.39. The number of rotatable bonds is 6. The Bertz CT molecular complexity index is 326. The molecular weight excluding hydrogens is 282 g/mol. The fraction of sp³-hybridized carbons (Fsp3) is 0.538. The van der Waals surface area contributed by atoms with Gasteiger partial charge in [-0.3, -0.25) is 0 Å². The lowest BCUT2D eigenvalue weighted by atomic mass is 10.2. The lowest BCUT2D eigenvalue weighted by Crippen LogP contribution is -2.12. The first-order valence-electron chi connectivity index (χ1n) is 5.75. The van der Waals surface area contributed by atoms with Crippen molar-refractivity contribution in [3.05, 3.63) is 28.2 Å². The Balaban J connectivity index is 2.72. The van der Waals surface area contributed by atoms with Gasteiger partial charge in [0.1, 0.15) is 0 Å². The standard InChI is InChI=1S/C13H20BrNS/c1-4-15-8-11-7-12(14)5-6-13(11)16-9-10(2)3/h5-7,10,15H,4,8-9H2,1-3H3. The summed E-state index contributed by atoms with van der Waals surface area (Å²) in [6, 6.07) is 6.55. The van der Waals surface area contributed by atoms with E-state index in [-0.39, 0.29) is 0 Å². The summed E-state index contributed by atoms with van der Waals surface area (Å²) in [5.74, 6) is 1.92. The van der Waals surface area contributed by atoms with Crippen molar-refractivity contribution in [1.82, 2.24) is 5.32 Å². The number of halogens is 1. The van der Waals surface area contributed by atoms with Gasteiger partial charge in [0.2, 0.25) is 0 Å². The molecule has 0 aliphatic heterocycles. The zero-order valence-corrected chi connectivity index (χ0v) is 12.6. The molecule has 0 bridgehead atoms. The highest BCUT2D eigenvalue weighted by Gasteiger charge is 2.04. The third-order valence-corrected chi connectivity index (χ3v) is 4.20. The molecule has 0 spiro atoms. The van der Waals surface area contributed by atoms with E-state index in [1.54, 1.807) is 0 Å². The molecule has 0 heterocycles. The average Bonchev–Trinajstić information content (AvgIpc) is 2.24. The molecule has 1 nitrogen and oxygen atoms in total. The van der Waals surface area contributed by atoms with Crippen LogP contribution in [0.5, 0.6) is 0 Å². The van der Waals surface area contributed by atoms with E-state index in [9.17, 15) is 0 Å². The first-order chi connectivity index (χ1) is 7.63. The van der Waals surface area contributed by atoms with Crippen molar-refractivity contribution in [3.63, 3.8) is 0 Å². The van der Waals surface area contributed by atoms with Gasteiger partial charge in [0, 0.05) is 21.7 Å². The molecule has 0 aromatic heterocycles. The number of benzene rings is 1. The van der Waals surface area contributed by atoms with Crippen LogP contribution < -0.4 is 5.32 Å². The van der Waals surface area contributed by atoms with Gasteiger partial charge in [-0.25, -0.2) is 0 Å². The molecule has 0 saturated heterocycles. The van der Waals surface area contributed by atoms with Crippen LogP contribution in [0.2, 0.25) is 0 Å². The number of nitrogens with one attached hydrogen (secondary N) is 1. The molecule has 0 aliphatic carbocycles. The van der Waals surface area contributed by atoms with Crippen LogP contribution >= 0.6 is 27.7 Å². The highest BCUT2D eigenvalue weighted by atomic mass is 79.9. The van der Waals surface area contributed by atoms with Gasteiger partial charge in [0.15, 0.2) is 0 Å². The molecule has 1 rings (SSSR count). The van der Waals surface area contributed by atoms with Gasteiger partial charge in [-0.05, 0) is 36.2 Å². The first-order valence-corrected chi connectivity index (χ1v) is 7.53. The lowest BCUT2D eigenvalue weighted by molar-refractivity contribution is 0.716. The van der Waals surface area contributed by atoms with Crippen molar-refractivity contribution in [2.75, 3.05) is 12.3 Å². The van der Waals surface area contributed by atoms with Crippen molar-refractivity contribution in [3.8, 4) is 0 Å². The summed E-state index contributed by atoms with van der Waals surface area (Å²) in [6.45, 7) is 8.63. The van der Waals surface area contributed by atoms with E-state index in [1.807, 2.05) is 11.8 Å². The molecule has 0 radical (unpaired) electrons. The number of hydrogen-bond donors (Lipinski definition) is 1. The van der Waals surface area contributed by atoms with Gasteiger partial charge < -0.3 is 5.32 Å². The first kappa shape index (κ1) is 14.1. The van der Waals surface area contributed by atoms with Crippen LogP contribution in [0.25, 0.3) is 0 Å². The van der Waals surface area contributed by atoms with Gasteiger partial charge >= 0.3 is 0 Å². The van der Waals surface area contributed by atoms with E-state index >= 15 is 0 Å². The Morgan fingerprint density at radius 2 is 2.12 bits per heavy atom. The molecule has 1 aromatic carbocycles. The normalized spacial score (nSPS) is 11.1. The molecule has 1 N–H and O–H groups in total. The quantitative estimate of drug-likeness (QED) is 0.786. The summed E-state index contributed by atoms with van der Waals surface area (Å²) in [5.41, 5.74) is 1.39. The Morgan fingerprint density at radius 3 is 2.75 bits per heavy atom. The van der Waals surface area contributed by atoms with Crippen LogP contribution in [0.1, 0.15) is 26.3 Å². The third-order valence-electron chi connectivity index (χ3n) is 2.16. The van der Waals surface area contributed by atoms with E-state index in [1.165, 1.54) is 16.2 Å². The van der Waals surface area contributed by atoms with E-state index < -0.39 is 0 Å². The van der Waals surface area contributed by atoms with Gasteiger partial charge in [-0.1, -0.05) is 36.7 Å². The minimum Gasteiger partial charge on any atom is -0.313 e. The monoisotopic (exact) mass is 301 g/mol. The third kappa shape index (κ3) is 4.89. The Morgan fingerprint density at radius 1 is 1.38 bits per heavy atom. The largest absolute Gasteiger partial charge is 0.313 e. The van der Waals surface area contributed by atoms with Crippen LogP contribution in [0.15, 0.2) is 27.6 Å². The van der Waals surface area contributed by atoms with Gasteiger partial charge in [-0.15, -0.1) is 11.8 Å². The Labute approximate surface area is 112 Å². The molecule has 0 saturated carbocycles. The summed E-state index contributed by atoms with van der Waals surface area (Å²) in [7, 11) is 0. The lowest BCUT2D eigenvalue weighted by Gasteiger charge is -2.11. The molecule has 1 aromatic rings. The zero-order chi connectivity index (χ0) is 12.0. The van der Waals surface area contributed by atoms with Crippen molar-refractivity contribution < 1.29 is 0 Å². The predicted molar refractivity (Wildman–Crippen MR) is 77.1 cm³/mol. The topological polar surface area (TPSA) is 12.0 Å². The molecule has 16 heavy (non-hydrogen) atoms. The summed E-state index contributed by atoms with van der Waals surface area (Å²) in [6.07, 6.45) is 0. The highest BCUT2D eigenvalue weighted by Crippen LogP contribution is 2.27. The van der Waals surface area contributed by atoms with E-state index in [0.717, 1.165) is 23.5 Å². The van der Waals surface area contributed by atoms with Crippen molar-refractivity contribution >= 4 is 27.7 Å². The molecular formula is C13H20BrNS. The number of thioether (sulfide) groups is 1. The fourth-order valence-electron chi connectivity index (χ4n) is 1.34. The van der Waals surface area contributed by atoms with Crippen molar-refractivity contribution in [2.24, 2.45) is 5.92 Å². The van der Waals surface area contributed by atoms with Crippen LogP contribution in [-0.2, 0) is 6.54 Å². The van der Waals surface area contributed by atoms with Crippen molar-refractivity contribution in [2.45, 2.75) is 32.2 Å². The molecule has 0 fully saturated rings. The van der Waals surface area contributed by atoms with Gasteiger partial charge in [0.25, 0.3) is 0 Å². The summed E-state index contributed by atoms with van der Waals surface area (Å²) < 4.78 is 1.16. The van der Waals surface area contributed by atoms with Gasteiger partial charge in [0.05, 0.1) is 0 Å². The maximum atomic E-state index is 3.53. The van der Waals surface area contributed by atoms with Crippen molar-refractivity contribution in [1.29, 1.82) is 0 Å². The van der Waals surface area contributed by atoms with Crippen LogP contribution in [0.4, 0.5) is 0 Å². The predicted octanol–water partition coefficient (Wildman–Crippen LogP) is 4.31. The highest BCUT2D eigenvalue weighted by molar-refractivity contribution is 9.10. The summed E-state index contributed by atoms with van der Waals surface area (Å²) in [4.78, 5) is 1.40. The number of hydrogen-bond acceptors (Lipinski definition) is 2. The fourth-order valence-corrected chi connectivity index (χ4v) is 2.75. The minimum absolute atomic E-state index is 0.737. The SMILES string of the molecule is CCNCc1cc(Br)ccc1SCC(C)C. The second-order valence-corrected chi connectivity index (χ2v) is 6.21. The van der Waals surface area contributed by atoms with Crippen LogP contribution in [0.3, 0.4) is 0 Å². The Kier molecular flexibility index (Phi) is 6.47. The maximum absolute atomic E-state index is 3.53. The van der Waals surface area contributed by atoms with E-state index in [0.29, 0.717) is 0 Å². The second kappa shape index (κ2) is 7.36. The molecule has 3 heteroatoms. The molecule has 0 unspecified atom stereocenters. The van der Waals surface area contributed by atoms with Gasteiger partial charge in [-0.2, -0.15) is 0 Å². The molecule has 0 atom stereocenters. The molecule has 0 aliphatic rings.